The first kappa shape index (κ1) is 19.5. The molecule has 0 aliphatic carbocycles. The van der Waals surface area contributed by atoms with E-state index in [9.17, 15) is 4.79 Å². The van der Waals surface area contributed by atoms with Crippen molar-refractivity contribution in [2.75, 3.05) is 0 Å². The molecule has 0 radical (unpaired) electrons. The van der Waals surface area contributed by atoms with Crippen LogP contribution in [0.3, 0.4) is 0 Å². The molecule has 0 fully saturated rings. The Morgan fingerprint density at radius 2 is 1.90 bits per heavy atom. The van der Waals surface area contributed by atoms with E-state index in [2.05, 4.69) is 57.2 Å². The molecule has 2 aromatic heterocycles. The number of rotatable bonds is 6. The second-order valence-corrected chi connectivity index (χ2v) is 8.10. The van der Waals surface area contributed by atoms with Gasteiger partial charge >= 0.3 is 0 Å². The molecule has 0 saturated carbocycles. The molecule has 1 N–H and O–H groups in total. The highest BCUT2D eigenvalue weighted by Gasteiger charge is 2.21. The molecular weight excluding hydrogens is 430 g/mol. The number of H-pyrrole nitrogens is 1. The summed E-state index contributed by atoms with van der Waals surface area (Å²) < 4.78 is 2.82. The van der Waals surface area contributed by atoms with E-state index in [-0.39, 0.29) is 17.1 Å². The highest BCUT2D eigenvalue weighted by molar-refractivity contribution is 9.10. The summed E-state index contributed by atoms with van der Waals surface area (Å²) in [6.07, 6.45) is 2.40. The maximum atomic E-state index is 12.6. The number of halogens is 1. The Hall–Kier alpha value is -2.80. The van der Waals surface area contributed by atoms with Gasteiger partial charge in [-0.2, -0.15) is 0 Å². The number of aromatic amines is 1. The van der Waals surface area contributed by atoms with Crippen molar-refractivity contribution < 1.29 is 0 Å². The molecule has 7 heteroatoms. The molecule has 0 bridgehead atoms. The van der Waals surface area contributed by atoms with E-state index in [1.54, 1.807) is 0 Å². The Kier molecular flexibility index (Phi) is 5.58. The highest BCUT2D eigenvalue weighted by Crippen LogP contribution is 2.27. The van der Waals surface area contributed by atoms with Crippen molar-refractivity contribution in [1.29, 1.82) is 0 Å². The van der Waals surface area contributed by atoms with Gasteiger partial charge in [0.05, 0.1) is 6.04 Å². The summed E-state index contributed by atoms with van der Waals surface area (Å²) in [5.41, 5.74) is 3.99. The average Bonchev–Trinajstić information content (AvgIpc) is 3.13. The fraction of sp³-hybridized carbons (Fsp3) is 0.273. The molecule has 6 nitrogen and oxygen atoms in total. The molecule has 0 saturated heterocycles. The molecule has 1 unspecified atom stereocenters. The lowest BCUT2D eigenvalue weighted by molar-refractivity contribution is 0.479. The van der Waals surface area contributed by atoms with Crippen LogP contribution in [0.25, 0.3) is 11.2 Å². The topological polar surface area (TPSA) is 76.5 Å². The summed E-state index contributed by atoms with van der Waals surface area (Å²) in [4.78, 5) is 20.2. The first-order valence-corrected chi connectivity index (χ1v) is 10.5. The van der Waals surface area contributed by atoms with Gasteiger partial charge in [-0.25, -0.2) is 9.67 Å². The lowest BCUT2D eigenvalue weighted by Crippen LogP contribution is -2.17. The van der Waals surface area contributed by atoms with Gasteiger partial charge in [-0.1, -0.05) is 70.9 Å². The van der Waals surface area contributed by atoms with E-state index in [4.69, 9.17) is 4.98 Å². The molecule has 4 aromatic rings. The summed E-state index contributed by atoms with van der Waals surface area (Å²) in [5.74, 6) is 0.605. The Morgan fingerprint density at radius 1 is 1.14 bits per heavy atom. The Bertz CT molecular complexity index is 1200. The van der Waals surface area contributed by atoms with Crippen LogP contribution in [0, 0.1) is 6.92 Å². The number of fused-ring (bicyclic) bond motifs is 1. The van der Waals surface area contributed by atoms with Crippen LogP contribution in [0.15, 0.2) is 57.8 Å². The van der Waals surface area contributed by atoms with Crippen molar-refractivity contribution in [1.82, 2.24) is 25.0 Å². The lowest BCUT2D eigenvalue weighted by Gasteiger charge is -2.19. The monoisotopic (exact) mass is 451 g/mol. The third kappa shape index (κ3) is 4.00. The van der Waals surface area contributed by atoms with Gasteiger partial charge in [-0.15, -0.1) is 5.10 Å². The summed E-state index contributed by atoms with van der Waals surface area (Å²) in [7, 11) is 0. The first-order valence-electron chi connectivity index (χ1n) is 9.71. The molecule has 4 rings (SSSR count). The zero-order valence-electron chi connectivity index (χ0n) is 16.4. The molecule has 0 amide bonds. The largest absolute Gasteiger partial charge is 0.308 e. The number of aromatic nitrogens is 5. The van der Waals surface area contributed by atoms with Gasteiger partial charge < -0.3 is 4.98 Å². The van der Waals surface area contributed by atoms with Crippen molar-refractivity contribution in [2.24, 2.45) is 0 Å². The van der Waals surface area contributed by atoms with Crippen molar-refractivity contribution in [3.63, 3.8) is 0 Å². The van der Waals surface area contributed by atoms with E-state index in [0.717, 1.165) is 22.9 Å². The fourth-order valence-electron chi connectivity index (χ4n) is 3.62. The number of hydrogen-bond acceptors (Lipinski definition) is 4. The lowest BCUT2D eigenvalue weighted by atomic mass is 9.98. The van der Waals surface area contributed by atoms with Crippen LogP contribution in [0.1, 0.15) is 48.3 Å². The number of nitrogens with one attached hydrogen (secondary N) is 1. The van der Waals surface area contributed by atoms with Crippen molar-refractivity contribution >= 4 is 27.1 Å². The van der Waals surface area contributed by atoms with Crippen LogP contribution in [0.4, 0.5) is 0 Å². The van der Waals surface area contributed by atoms with Crippen molar-refractivity contribution in [3.8, 4) is 0 Å². The van der Waals surface area contributed by atoms with Crippen LogP contribution >= 0.6 is 15.9 Å². The predicted octanol–water partition coefficient (Wildman–Crippen LogP) is 4.57. The summed E-state index contributed by atoms with van der Waals surface area (Å²) in [6, 6.07) is 16.2. The summed E-state index contributed by atoms with van der Waals surface area (Å²) >= 11 is 3.44. The number of nitrogens with zero attached hydrogens (tertiary/aromatic N) is 4. The zero-order valence-corrected chi connectivity index (χ0v) is 18.0. The Balaban J connectivity index is 1.80. The van der Waals surface area contributed by atoms with Gasteiger partial charge in [-0.05, 0) is 42.2 Å². The molecule has 29 heavy (non-hydrogen) atoms. The third-order valence-corrected chi connectivity index (χ3v) is 5.60. The number of aryl methyl sites for hydroxylation is 1. The highest BCUT2D eigenvalue weighted by atomic mass is 79.9. The Morgan fingerprint density at radius 3 is 2.62 bits per heavy atom. The Labute approximate surface area is 177 Å². The minimum Gasteiger partial charge on any atom is -0.308 e. The van der Waals surface area contributed by atoms with Crippen LogP contribution in [0.5, 0.6) is 0 Å². The van der Waals surface area contributed by atoms with Gasteiger partial charge in [0.2, 0.25) is 0 Å². The van der Waals surface area contributed by atoms with Gasteiger partial charge in [0, 0.05) is 10.9 Å². The van der Waals surface area contributed by atoms with Gasteiger partial charge in [-0.3, -0.25) is 4.79 Å². The molecule has 1 atom stereocenters. The molecule has 2 aromatic carbocycles. The van der Waals surface area contributed by atoms with E-state index >= 15 is 0 Å². The minimum atomic E-state index is -0.256. The third-order valence-electron chi connectivity index (χ3n) is 5.07. The first-order chi connectivity index (χ1) is 14.1. The minimum absolute atomic E-state index is 0.0129. The summed E-state index contributed by atoms with van der Waals surface area (Å²) in [5, 5.41) is 8.47. The van der Waals surface area contributed by atoms with E-state index < -0.39 is 0 Å². The van der Waals surface area contributed by atoms with Gasteiger partial charge in [0.15, 0.2) is 11.2 Å². The second kappa shape index (κ2) is 8.29. The normalized spacial score (nSPS) is 12.4. The van der Waals surface area contributed by atoms with E-state index in [1.165, 1.54) is 11.1 Å². The van der Waals surface area contributed by atoms with Crippen LogP contribution < -0.4 is 5.56 Å². The van der Waals surface area contributed by atoms with Crippen LogP contribution in [-0.2, 0) is 6.42 Å². The average molecular weight is 452 g/mol. The van der Waals surface area contributed by atoms with Crippen LogP contribution in [0.2, 0.25) is 0 Å². The quantitative estimate of drug-likeness (QED) is 0.465. The molecule has 0 aliphatic heterocycles. The number of benzene rings is 2. The zero-order chi connectivity index (χ0) is 20.4. The van der Waals surface area contributed by atoms with Gasteiger partial charge in [0.25, 0.3) is 5.56 Å². The predicted molar refractivity (Wildman–Crippen MR) is 117 cm³/mol. The SMILES string of the molecule is CCCC(c1ccccc1C)n1nnc2c(=O)[nH]c(Cc3ccc(Br)cc3)nc21. The standard InChI is InChI=1S/C22H22BrN5O/c1-3-6-18(17-8-5-4-7-14(17)2)28-21-20(26-27-28)22(29)25-19(24-21)13-15-9-11-16(23)12-10-15/h4-5,7-12,18H,3,6,13H2,1-2H3,(H,24,25,29). The number of hydrogen-bond donors (Lipinski definition) is 1. The van der Waals surface area contributed by atoms with E-state index in [0.29, 0.717) is 17.9 Å². The maximum Gasteiger partial charge on any atom is 0.281 e. The smallest absolute Gasteiger partial charge is 0.281 e. The summed E-state index contributed by atoms with van der Waals surface area (Å²) in [6.45, 7) is 4.24. The second-order valence-electron chi connectivity index (χ2n) is 7.18. The molecule has 0 spiro atoms. The molecule has 148 valence electrons. The van der Waals surface area contributed by atoms with Crippen LogP contribution in [-0.4, -0.2) is 25.0 Å². The van der Waals surface area contributed by atoms with Gasteiger partial charge in [0.1, 0.15) is 5.82 Å². The van der Waals surface area contributed by atoms with Crippen molar-refractivity contribution in [2.45, 2.75) is 39.2 Å². The maximum absolute atomic E-state index is 12.6. The van der Waals surface area contributed by atoms with Crippen molar-refractivity contribution in [3.05, 3.63) is 85.9 Å². The molecule has 2 heterocycles. The van der Waals surface area contributed by atoms with E-state index in [1.807, 2.05) is 41.1 Å². The molecule has 0 aliphatic rings. The molecular formula is C22H22BrN5O. The fourth-order valence-corrected chi connectivity index (χ4v) is 3.88.